The van der Waals surface area contributed by atoms with Crippen molar-refractivity contribution >= 4 is 29.9 Å². The van der Waals surface area contributed by atoms with E-state index < -0.39 is 0 Å². The highest BCUT2D eigenvalue weighted by Gasteiger charge is 2.22. The maximum absolute atomic E-state index is 12.4. The van der Waals surface area contributed by atoms with Gasteiger partial charge in [-0.25, -0.2) is 0 Å². The number of ether oxygens (including phenoxy) is 1. The third kappa shape index (κ3) is 5.34. The number of halogens is 2. The number of rotatable bonds is 5. The Labute approximate surface area is 143 Å². The number of hydrogen-bond acceptors (Lipinski definition) is 3. The Balaban J connectivity index is 0.00000242. The predicted octanol–water partition coefficient (Wildman–Crippen LogP) is 3.55. The molecule has 0 aliphatic heterocycles. The molecule has 2 rings (SSSR count). The molecule has 6 heteroatoms. The SMILES string of the molecule is CCCOc1ccc(Cl)cc1C(=O)NC1CCC(N)CC1.Cl. The predicted molar refractivity (Wildman–Crippen MR) is 92.2 cm³/mol. The molecule has 0 spiro atoms. The second-order valence-electron chi connectivity index (χ2n) is 5.57. The van der Waals surface area contributed by atoms with Crippen LogP contribution in [0, 0.1) is 0 Å². The number of nitrogens with one attached hydrogen (secondary N) is 1. The fraction of sp³-hybridized carbons (Fsp3) is 0.562. The Morgan fingerprint density at radius 1 is 1.36 bits per heavy atom. The molecular weight excluding hydrogens is 323 g/mol. The maximum Gasteiger partial charge on any atom is 0.255 e. The van der Waals surface area contributed by atoms with E-state index in [1.165, 1.54) is 0 Å². The molecule has 3 N–H and O–H groups in total. The van der Waals surface area contributed by atoms with Crippen molar-refractivity contribution in [2.75, 3.05) is 6.61 Å². The Hall–Kier alpha value is -0.970. The van der Waals surface area contributed by atoms with Crippen LogP contribution in [0.15, 0.2) is 18.2 Å². The van der Waals surface area contributed by atoms with Crippen molar-refractivity contribution in [3.63, 3.8) is 0 Å². The second kappa shape index (κ2) is 9.23. The first-order valence-electron chi connectivity index (χ1n) is 7.59. The van der Waals surface area contributed by atoms with Gasteiger partial charge in [-0.15, -0.1) is 12.4 Å². The highest BCUT2D eigenvalue weighted by Crippen LogP contribution is 2.24. The molecule has 22 heavy (non-hydrogen) atoms. The van der Waals surface area contributed by atoms with Crippen molar-refractivity contribution < 1.29 is 9.53 Å². The summed E-state index contributed by atoms with van der Waals surface area (Å²) in [5.74, 6) is 0.468. The number of carbonyl (C=O) groups excluding carboxylic acids is 1. The molecule has 0 heterocycles. The summed E-state index contributed by atoms with van der Waals surface area (Å²) in [4.78, 5) is 12.4. The van der Waals surface area contributed by atoms with Gasteiger partial charge in [-0.1, -0.05) is 18.5 Å². The summed E-state index contributed by atoms with van der Waals surface area (Å²) in [5, 5.41) is 3.60. The summed E-state index contributed by atoms with van der Waals surface area (Å²) >= 11 is 6.00. The summed E-state index contributed by atoms with van der Waals surface area (Å²) in [6, 6.07) is 5.62. The van der Waals surface area contributed by atoms with Gasteiger partial charge in [0.2, 0.25) is 0 Å². The molecule has 1 saturated carbocycles. The van der Waals surface area contributed by atoms with Crippen LogP contribution in [-0.2, 0) is 0 Å². The lowest BCUT2D eigenvalue weighted by Gasteiger charge is -2.27. The van der Waals surface area contributed by atoms with Gasteiger partial charge in [0, 0.05) is 17.1 Å². The number of nitrogens with two attached hydrogens (primary N) is 1. The van der Waals surface area contributed by atoms with Gasteiger partial charge in [0.1, 0.15) is 5.75 Å². The molecule has 1 aromatic rings. The molecule has 4 nitrogen and oxygen atoms in total. The monoisotopic (exact) mass is 346 g/mol. The number of hydrogen-bond donors (Lipinski definition) is 2. The van der Waals surface area contributed by atoms with Crippen molar-refractivity contribution in [1.29, 1.82) is 0 Å². The van der Waals surface area contributed by atoms with Gasteiger partial charge in [-0.2, -0.15) is 0 Å². The molecule has 0 bridgehead atoms. The minimum atomic E-state index is -0.121. The standard InChI is InChI=1S/C16H23ClN2O2.ClH/c1-2-9-21-15-8-3-11(17)10-14(15)16(20)19-13-6-4-12(18)5-7-13;/h3,8,10,12-13H,2,4-7,9,18H2,1H3,(H,19,20);1H. The van der Waals surface area contributed by atoms with Gasteiger partial charge in [-0.3, -0.25) is 4.79 Å². The van der Waals surface area contributed by atoms with Crippen molar-refractivity contribution in [3.05, 3.63) is 28.8 Å². The van der Waals surface area contributed by atoms with Crippen molar-refractivity contribution in [2.45, 2.75) is 51.1 Å². The molecule has 1 aliphatic carbocycles. The van der Waals surface area contributed by atoms with Gasteiger partial charge in [0.25, 0.3) is 5.91 Å². The quantitative estimate of drug-likeness (QED) is 0.856. The Morgan fingerprint density at radius 3 is 2.68 bits per heavy atom. The van der Waals surface area contributed by atoms with Gasteiger partial charge >= 0.3 is 0 Å². The maximum atomic E-state index is 12.4. The summed E-state index contributed by atoms with van der Waals surface area (Å²) in [6.45, 7) is 2.61. The van der Waals surface area contributed by atoms with Crippen LogP contribution in [0.3, 0.4) is 0 Å². The Bertz CT molecular complexity index is 489. The molecule has 1 aromatic carbocycles. The van der Waals surface area contributed by atoms with E-state index in [1.807, 2.05) is 6.92 Å². The lowest BCUT2D eigenvalue weighted by atomic mass is 9.91. The molecule has 0 aromatic heterocycles. The summed E-state index contributed by atoms with van der Waals surface area (Å²) in [6.07, 6.45) is 4.67. The van der Waals surface area contributed by atoms with Crippen LogP contribution in [0.5, 0.6) is 5.75 Å². The fourth-order valence-corrected chi connectivity index (χ4v) is 2.72. The molecule has 1 amide bonds. The van der Waals surface area contributed by atoms with Gasteiger partial charge in [-0.05, 0) is 50.3 Å². The van der Waals surface area contributed by atoms with Crippen LogP contribution in [0.1, 0.15) is 49.4 Å². The average Bonchev–Trinajstić information content (AvgIpc) is 2.48. The first-order valence-corrected chi connectivity index (χ1v) is 7.96. The van der Waals surface area contributed by atoms with Crippen LogP contribution in [0.25, 0.3) is 0 Å². The average molecular weight is 347 g/mol. The normalized spacial score (nSPS) is 20.9. The molecule has 0 saturated heterocycles. The lowest BCUT2D eigenvalue weighted by molar-refractivity contribution is 0.0921. The van der Waals surface area contributed by atoms with E-state index in [1.54, 1.807) is 18.2 Å². The highest BCUT2D eigenvalue weighted by atomic mass is 35.5. The van der Waals surface area contributed by atoms with E-state index in [4.69, 9.17) is 22.1 Å². The summed E-state index contributed by atoms with van der Waals surface area (Å²) in [5.41, 5.74) is 6.39. The van der Waals surface area contributed by atoms with Crippen LogP contribution in [-0.4, -0.2) is 24.6 Å². The van der Waals surface area contributed by atoms with Gasteiger partial charge in [0.05, 0.1) is 12.2 Å². The van der Waals surface area contributed by atoms with Gasteiger partial charge in [0.15, 0.2) is 0 Å². The van der Waals surface area contributed by atoms with Crippen LogP contribution < -0.4 is 15.8 Å². The van der Waals surface area contributed by atoms with Crippen molar-refractivity contribution in [2.24, 2.45) is 5.73 Å². The topological polar surface area (TPSA) is 64.3 Å². The second-order valence-corrected chi connectivity index (χ2v) is 6.01. The first kappa shape index (κ1) is 19.1. The third-order valence-electron chi connectivity index (χ3n) is 3.75. The Morgan fingerprint density at radius 2 is 2.05 bits per heavy atom. The van der Waals surface area contributed by atoms with Gasteiger partial charge < -0.3 is 15.8 Å². The van der Waals surface area contributed by atoms with E-state index in [-0.39, 0.29) is 30.4 Å². The zero-order valence-corrected chi connectivity index (χ0v) is 14.4. The zero-order valence-electron chi connectivity index (χ0n) is 12.8. The minimum absolute atomic E-state index is 0. The highest BCUT2D eigenvalue weighted by molar-refractivity contribution is 6.31. The van der Waals surface area contributed by atoms with Crippen molar-refractivity contribution in [3.8, 4) is 5.75 Å². The van der Waals surface area contributed by atoms with Crippen LogP contribution in [0.2, 0.25) is 5.02 Å². The van der Waals surface area contributed by atoms with E-state index in [0.717, 1.165) is 32.1 Å². The minimum Gasteiger partial charge on any atom is -0.493 e. The molecule has 0 radical (unpaired) electrons. The molecule has 0 unspecified atom stereocenters. The molecule has 124 valence electrons. The van der Waals surface area contributed by atoms with Crippen LogP contribution in [0.4, 0.5) is 0 Å². The summed E-state index contributed by atoms with van der Waals surface area (Å²) < 4.78 is 5.63. The van der Waals surface area contributed by atoms with Crippen molar-refractivity contribution in [1.82, 2.24) is 5.32 Å². The summed E-state index contributed by atoms with van der Waals surface area (Å²) in [7, 11) is 0. The van der Waals surface area contributed by atoms with E-state index in [0.29, 0.717) is 22.9 Å². The lowest BCUT2D eigenvalue weighted by Crippen LogP contribution is -2.40. The van der Waals surface area contributed by atoms with E-state index >= 15 is 0 Å². The van der Waals surface area contributed by atoms with Crippen LogP contribution >= 0.6 is 24.0 Å². The number of amides is 1. The number of benzene rings is 1. The number of carbonyl (C=O) groups is 1. The fourth-order valence-electron chi connectivity index (χ4n) is 2.54. The largest absolute Gasteiger partial charge is 0.493 e. The molecular formula is C16H24Cl2N2O2. The Kier molecular flexibility index (Phi) is 8.01. The molecule has 1 aliphatic rings. The van der Waals surface area contributed by atoms with E-state index in [9.17, 15) is 4.79 Å². The first-order chi connectivity index (χ1) is 10.1. The van der Waals surface area contributed by atoms with E-state index in [2.05, 4.69) is 5.32 Å². The molecule has 1 fully saturated rings. The smallest absolute Gasteiger partial charge is 0.255 e. The molecule has 0 atom stereocenters. The zero-order chi connectivity index (χ0) is 15.2. The third-order valence-corrected chi connectivity index (χ3v) is 3.99.